The Kier molecular flexibility index (Phi) is 14.9. The molecule has 0 amide bonds. The average Bonchev–Trinajstić information content (AvgIpc) is 3.41. The third kappa shape index (κ3) is 9.74. The molecule has 0 bridgehead atoms. The molecule has 0 aliphatic carbocycles. The molecule has 0 saturated heterocycles. The first-order valence-electron chi connectivity index (χ1n) is 16.4. The van der Waals surface area contributed by atoms with Crippen LogP contribution in [0.15, 0.2) is 64.9 Å². The second-order valence-corrected chi connectivity index (χ2v) is 12.6. The quantitative estimate of drug-likeness (QED) is 0.0934. The minimum atomic E-state index is 0. The Bertz CT molecular complexity index is 1530. The molecule has 0 saturated carbocycles. The smallest absolute Gasteiger partial charge is 0.162 e. The number of ketones is 1. The van der Waals surface area contributed by atoms with Crippen molar-refractivity contribution >= 4 is 16.8 Å². The summed E-state index contributed by atoms with van der Waals surface area (Å²) in [5.41, 5.74) is 8.98. The van der Waals surface area contributed by atoms with E-state index in [0.29, 0.717) is 11.8 Å². The number of allylic oxidation sites excluding steroid dienone is 2. The first-order valence-corrected chi connectivity index (χ1v) is 16.4. The van der Waals surface area contributed by atoms with Crippen LogP contribution in [-0.4, -0.2) is 15.9 Å². The predicted molar refractivity (Wildman–Crippen MR) is 185 cm³/mol. The summed E-state index contributed by atoms with van der Waals surface area (Å²) in [4.78, 5) is 16.4. The second kappa shape index (κ2) is 17.6. The summed E-state index contributed by atoms with van der Waals surface area (Å²) >= 11 is 0. The van der Waals surface area contributed by atoms with Gasteiger partial charge in [-0.05, 0) is 66.5 Å². The zero-order valence-corrected chi connectivity index (χ0v) is 31.3. The van der Waals surface area contributed by atoms with Crippen molar-refractivity contribution in [3.8, 4) is 22.6 Å². The van der Waals surface area contributed by atoms with Gasteiger partial charge in [0.2, 0.25) is 0 Å². The van der Waals surface area contributed by atoms with Gasteiger partial charge in [-0.1, -0.05) is 87.4 Å². The molecule has 2 heterocycles. The van der Waals surface area contributed by atoms with Gasteiger partial charge in [0.1, 0.15) is 11.3 Å². The number of fused-ring (bicyclic) bond motifs is 1. The summed E-state index contributed by atoms with van der Waals surface area (Å²) in [7, 11) is 0. The number of nitrogens with zero attached hydrogens (tertiary/aromatic N) is 1. The number of aliphatic hydroxyl groups excluding tert-OH is 1. The minimum absolute atomic E-state index is 0. The summed E-state index contributed by atoms with van der Waals surface area (Å²) in [5, 5.41) is 10.8. The molecule has 0 aliphatic heterocycles. The number of aryl methyl sites for hydroxylation is 2. The van der Waals surface area contributed by atoms with Gasteiger partial charge in [-0.15, -0.1) is 34.9 Å². The number of pyridine rings is 1. The summed E-state index contributed by atoms with van der Waals surface area (Å²) < 4.78 is 6.40. The Balaban J connectivity index is 0.000000378. The van der Waals surface area contributed by atoms with Crippen molar-refractivity contribution < 1.29 is 34.4 Å². The van der Waals surface area contributed by atoms with E-state index in [2.05, 4.69) is 84.0 Å². The van der Waals surface area contributed by atoms with Crippen molar-refractivity contribution in [2.75, 3.05) is 0 Å². The van der Waals surface area contributed by atoms with E-state index in [0.717, 1.165) is 59.2 Å². The first-order chi connectivity index (χ1) is 20.9. The molecule has 4 aromatic rings. The number of benzene rings is 2. The Hall–Kier alpha value is -3.01. The molecule has 245 valence electrons. The van der Waals surface area contributed by atoms with E-state index < -0.39 is 0 Å². The number of hydrogen-bond acceptors (Lipinski definition) is 4. The van der Waals surface area contributed by atoms with Crippen LogP contribution in [0.5, 0.6) is 0 Å². The molecule has 0 atom stereocenters. The van der Waals surface area contributed by atoms with Crippen LogP contribution in [0.4, 0.5) is 0 Å². The topological polar surface area (TPSA) is 63.3 Å². The molecule has 45 heavy (non-hydrogen) atoms. The average molecular weight is 787 g/mol. The van der Waals surface area contributed by atoms with E-state index in [1.165, 1.54) is 28.3 Å². The van der Waals surface area contributed by atoms with Crippen LogP contribution < -0.4 is 0 Å². The van der Waals surface area contributed by atoms with Crippen molar-refractivity contribution in [2.24, 2.45) is 11.8 Å². The van der Waals surface area contributed by atoms with Gasteiger partial charge >= 0.3 is 0 Å². The van der Waals surface area contributed by atoms with Crippen molar-refractivity contribution in [1.29, 1.82) is 0 Å². The standard InChI is InChI=1S/C27H28NO.C13H24O2.Ir/c1-16(2)22-8-7-9-23(17(3)4)27(22)26-13-21-15-28-24(14-25(21)29-26)20-11-18(5)10-19(6)12-20;1-5-10(6-2)12(14)9-13(15)11(7-3)8-4;/h7-11,13-17H,1-6H3;9-11,14H,5-8H2,1-4H3;/q-1;;/b;12-9-;. The van der Waals surface area contributed by atoms with Crippen molar-refractivity contribution in [3.05, 3.63) is 88.8 Å². The molecule has 2 aromatic carbocycles. The monoisotopic (exact) mass is 787 g/mol. The summed E-state index contributed by atoms with van der Waals surface area (Å²) in [6, 6.07) is 18.4. The molecule has 1 N–H and O–H groups in total. The number of carbonyl (C=O) groups excluding carboxylic acids is 1. The van der Waals surface area contributed by atoms with Gasteiger partial charge < -0.3 is 14.5 Å². The van der Waals surface area contributed by atoms with Crippen LogP contribution >= 0.6 is 0 Å². The summed E-state index contributed by atoms with van der Waals surface area (Å²) in [6.45, 7) is 21.2. The zero-order valence-electron chi connectivity index (χ0n) is 28.9. The number of aliphatic hydroxyl groups is 1. The summed E-state index contributed by atoms with van der Waals surface area (Å²) in [6.07, 6.45) is 6.82. The molecular formula is C40H52IrNO3-. The van der Waals surface area contributed by atoms with E-state index in [9.17, 15) is 9.90 Å². The molecule has 0 aliphatic rings. The molecule has 1 radical (unpaired) electrons. The molecule has 2 aromatic heterocycles. The molecule has 4 nitrogen and oxygen atoms in total. The van der Waals surface area contributed by atoms with Gasteiger partial charge in [0, 0.05) is 55.2 Å². The fourth-order valence-electron chi connectivity index (χ4n) is 5.85. The number of furan rings is 1. The predicted octanol–water partition coefficient (Wildman–Crippen LogP) is 11.7. The van der Waals surface area contributed by atoms with Crippen LogP contribution in [0.2, 0.25) is 0 Å². The maximum Gasteiger partial charge on any atom is 0.162 e. The second-order valence-electron chi connectivity index (χ2n) is 12.6. The number of aromatic nitrogens is 1. The molecular weight excluding hydrogens is 735 g/mol. The Morgan fingerprint density at radius 1 is 0.889 bits per heavy atom. The van der Waals surface area contributed by atoms with E-state index in [-0.39, 0.29) is 43.5 Å². The first kappa shape index (κ1) is 38.2. The molecule has 4 rings (SSSR count). The Labute approximate surface area is 285 Å². The maximum atomic E-state index is 11.7. The normalized spacial score (nSPS) is 11.7. The van der Waals surface area contributed by atoms with Crippen molar-refractivity contribution in [2.45, 2.75) is 107 Å². The molecule has 0 spiro atoms. The van der Waals surface area contributed by atoms with Crippen LogP contribution in [0.25, 0.3) is 33.6 Å². The zero-order chi connectivity index (χ0) is 32.6. The number of hydrogen-bond donors (Lipinski definition) is 1. The van der Waals surface area contributed by atoms with E-state index in [4.69, 9.17) is 9.40 Å². The van der Waals surface area contributed by atoms with Crippen LogP contribution in [-0.2, 0) is 24.9 Å². The molecule has 5 heteroatoms. The van der Waals surface area contributed by atoms with E-state index in [1.807, 2.05) is 40.0 Å². The number of carbonyl (C=O) groups is 1. The molecule has 0 fully saturated rings. The van der Waals surface area contributed by atoms with Crippen LogP contribution in [0, 0.1) is 31.7 Å². The Morgan fingerprint density at radius 2 is 1.47 bits per heavy atom. The maximum absolute atomic E-state index is 11.7. The largest absolute Gasteiger partial charge is 0.512 e. The van der Waals surface area contributed by atoms with Crippen LogP contribution in [0.3, 0.4) is 0 Å². The van der Waals surface area contributed by atoms with Gasteiger partial charge in [0.05, 0.1) is 5.76 Å². The fourth-order valence-corrected chi connectivity index (χ4v) is 5.85. The molecule has 0 unspecified atom stereocenters. The fraction of sp³-hybridized carbons (Fsp3) is 0.450. The van der Waals surface area contributed by atoms with E-state index in [1.54, 1.807) is 0 Å². The minimum Gasteiger partial charge on any atom is -0.512 e. The summed E-state index contributed by atoms with van der Waals surface area (Å²) in [5.74, 6) is 2.33. The van der Waals surface area contributed by atoms with Gasteiger partial charge in [0.25, 0.3) is 0 Å². The third-order valence-corrected chi connectivity index (χ3v) is 8.53. The van der Waals surface area contributed by atoms with Gasteiger partial charge in [-0.25, -0.2) is 0 Å². The van der Waals surface area contributed by atoms with E-state index >= 15 is 0 Å². The van der Waals surface area contributed by atoms with Crippen LogP contribution in [0.1, 0.15) is 115 Å². The number of rotatable bonds is 11. The van der Waals surface area contributed by atoms with Gasteiger partial charge in [-0.2, -0.15) is 0 Å². The van der Waals surface area contributed by atoms with Gasteiger partial charge in [-0.3, -0.25) is 4.79 Å². The van der Waals surface area contributed by atoms with Crippen molar-refractivity contribution in [3.63, 3.8) is 0 Å². The van der Waals surface area contributed by atoms with Crippen molar-refractivity contribution in [1.82, 2.24) is 4.98 Å². The SMILES string of the molecule is CCC(CC)C(=O)/C=C(\O)C(CC)CC.Cc1[c-]c(-c2cc3oc(-c4c(C(C)C)cccc4C(C)C)cc3cn2)cc(C)c1.[Ir]. The third-order valence-electron chi connectivity index (χ3n) is 8.53. The van der Waals surface area contributed by atoms with Gasteiger partial charge in [0.15, 0.2) is 5.78 Å². The Morgan fingerprint density at radius 3 is 1.98 bits per heavy atom.